The second kappa shape index (κ2) is 18.9. The maximum absolute atomic E-state index is 7.19. The third-order valence-corrected chi connectivity index (χ3v) is 16.7. The van der Waals surface area contributed by atoms with Gasteiger partial charge in [0, 0.05) is 45.9 Å². The van der Waals surface area contributed by atoms with E-state index in [0.717, 1.165) is 61.7 Å². The first-order valence-corrected chi connectivity index (χ1v) is 28.0. The highest BCUT2D eigenvalue weighted by molar-refractivity contribution is 6.09. The van der Waals surface area contributed by atoms with Gasteiger partial charge in [0.05, 0.1) is 33.5 Å². The van der Waals surface area contributed by atoms with Crippen LogP contribution in [0.4, 0.5) is 22.7 Å². The van der Waals surface area contributed by atoms with Gasteiger partial charge < -0.3 is 14.5 Å². The molecule has 1 aliphatic heterocycles. The molecule has 14 rings (SSSR count). The second-order valence-corrected chi connectivity index (χ2v) is 23.6. The summed E-state index contributed by atoms with van der Waals surface area (Å²) in [6.45, 7) is 14.4. The number of benzene rings is 10. The van der Waals surface area contributed by atoms with Crippen molar-refractivity contribution in [3.8, 4) is 50.7 Å². The van der Waals surface area contributed by atoms with Crippen molar-refractivity contribution >= 4 is 44.6 Å². The normalized spacial score (nSPS) is 13.6. The number of anilines is 4. The second-order valence-electron chi connectivity index (χ2n) is 23.6. The molecule has 0 radical (unpaired) electrons. The molecule has 80 heavy (non-hydrogen) atoms. The number of pyridine rings is 1. The van der Waals surface area contributed by atoms with Gasteiger partial charge in [-0.2, -0.15) is 0 Å². The van der Waals surface area contributed by atoms with Gasteiger partial charge in [0.15, 0.2) is 0 Å². The minimum atomic E-state index is -0.562. The van der Waals surface area contributed by atoms with Gasteiger partial charge in [0.2, 0.25) is 0 Å². The van der Waals surface area contributed by atoms with E-state index in [1.165, 1.54) is 66.9 Å². The highest BCUT2D eigenvalue weighted by atomic mass is 16.5. The van der Waals surface area contributed by atoms with Crippen molar-refractivity contribution in [2.75, 3.05) is 16.5 Å². The van der Waals surface area contributed by atoms with E-state index in [2.05, 4.69) is 305 Å². The van der Waals surface area contributed by atoms with E-state index < -0.39 is 5.41 Å². The highest BCUT2D eigenvalue weighted by Gasteiger charge is 2.46. The van der Waals surface area contributed by atoms with Crippen LogP contribution in [0, 0.1) is 0 Å². The summed E-state index contributed by atoms with van der Waals surface area (Å²) in [6.07, 6.45) is 1.99. The van der Waals surface area contributed by atoms with E-state index >= 15 is 0 Å². The SMILES string of the molecule is CC(C)(C)c1cc(Oc2ccc3c4ccccc4n(-c4cc(C5(c6ccccc6)c6ccccc6-c6ccccc65)ccn4)c3c2)cc(N2CN(c3c(-c4ccccc4)cc(C(C)(C)C)cc3-c3ccccc3)c3ccccc32)c1. The summed E-state index contributed by atoms with van der Waals surface area (Å²) < 4.78 is 9.51. The van der Waals surface area contributed by atoms with E-state index in [1.54, 1.807) is 0 Å². The molecule has 2 aliphatic rings. The molecular formula is C75H62N4O. The first kappa shape index (κ1) is 48.9. The number of fused-ring (bicyclic) bond motifs is 7. The zero-order chi connectivity index (χ0) is 54.3. The molecule has 2 aromatic heterocycles. The summed E-state index contributed by atoms with van der Waals surface area (Å²) >= 11 is 0. The molecule has 0 amide bonds. The Labute approximate surface area is 469 Å². The van der Waals surface area contributed by atoms with Gasteiger partial charge in [-0.25, -0.2) is 4.98 Å². The first-order chi connectivity index (χ1) is 38.9. The van der Waals surface area contributed by atoms with Crippen molar-refractivity contribution in [1.29, 1.82) is 0 Å². The van der Waals surface area contributed by atoms with Crippen LogP contribution in [0.3, 0.4) is 0 Å². The Kier molecular flexibility index (Phi) is 11.5. The average molecular weight is 1040 g/mol. The lowest BCUT2D eigenvalue weighted by Gasteiger charge is -2.34. The number of nitrogens with zero attached hydrogens (tertiary/aromatic N) is 4. The van der Waals surface area contributed by atoms with Crippen LogP contribution in [-0.4, -0.2) is 16.2 Å². The first-order valence-electron chi connectivity index (χ1n) is 28.0. The van der Waals surface area contributed by atoms with Crippen molar-refractivity contribution in [2.45, 2.75) is 57.8 Å². The summed E-state index contributed by atoms with van der Waals surface area (Å²) in [5, 5.41) is 2.29. The fourth-order valence-electron chi connectivity index (χ4n) is 12.8. The Balaban J connectivity index is 0.892. The van der Waals surface area contributed by atoms with Crippen molar-refractivity contribution < 1.29 is 4.74 Å². The average Bonchev–Trinajstić information content (AvgIpc) is 3.37. The molecule has 0 fully saturated rings. The van der Waals surface area contributed by atoms with E-state index in [0.29, 0.717) is 6.67 Å². The molecule has 0 saturated carbocycles. The van der Waals surface area contributed by atoms with Gasteiger partial charge in [-0.05, 0) is 133 Å². The summed E-state index contributed by atoms with van der Waals surface area (Å²) in [5.41, 5.74) is 20.5. The molecule has 10 aromatic carbocycles. The summed E-state index contributed by atoms with van der Waals surface area (Å²) in [7, 11) is 0. The number of para-hydroxylation sites is 3. The van der Waals surface area contributed by atoms with Gasteiger partial charge in [-0.3, -0.25) is 4.57 Å². The number of hydrogen-bond donors (Lipinski definition) is 0. The maximum Gasteiger partial charge on any atom is 0.137 e. The lowest BCUT2D eigenvalue weighted by Crippen LogP contribution is -2.28. The van der Waals surface area contributed by atoms with Crippen LogP contribution in [0.25, 0.3) is 61.0 Å². The molecule has 0 atom stereocenters. The van der Waals surface area contributed by atoms with Crippen molar-refractivity contribution in [1.82, 2.24) is 9.55 Å². The molecule has 0 N–H and O–H groups in total. The number of rotatable bonds is 9. The van der Waals surface area contributed by atoms with Crippen molar-refractivity contribution in [3.05, 3.63) is 288 Å². The molecule has 0 unspecified atom stereocenters. The quantitative estimate of drug-likeness (QED) is 0.144. The molecule has 388 valence electrons. The van der Waals surface area contributed by atoms with Gasteiger partial charge in [0.1, 0.15) is 24.0 Å². The van der Waals surface area contributed by atoms with Crippen LogP contribution >= 0.6 is 0 Å². The molecular weight excluding hydrogens is 973 g/mol. The topological polar surface area (TPSA) is 33.5 Å². The number of ether oxygens (including phenoxy) is 1. The fourth-order valence-corrected chi connectivity index (χ4v) is 12.8. The zero-order valence-electron chi connectivity index (χ0n) is 46.2. The molecule has 5 nitrogen and oxygen atoms in total. The fraction of sp³-hybridized carbons (Fsp3) is 0.133. The summed E-state index contributed by atoms with van der Waals surface area (Å²) in [6, 6.07) is 90.8. The molecule has 12 aromatic rings. The van der Waals surface area contributed by atoms with E-state index in [-0.39, 0.29) is 10.8 Å². The summed E-state index contributed by atoms with van der Waals surface area (Å²) in [5.74, 6) is 2.37. The Hall–Kier alpha value is -9.45. The van der Waals surface area contributed by atoms with E-state index in [4.69, 9.17) is 9.72 Å². The Bertz CT molecular complexity index is 4230. The number of aromatic nitrogens is 2. The third kappa shape index (κ3) is 8.02. The Morgan fingerprint density at radius 1 is 0.412 bits per heavy atom. The minimum absolute atomic E-state index is 0.0740. The van der Waals surface area contributed by atoms with Crippen molar-refractivity contribution in [2.24, 2.45) is 0 Å². The predicted octanol–water partition coefficient (Wildman–Crippen LogP) is 19.5. The monoisotopic (exact) mass is 1030 g/mol. The third-order valence-electron chi connectivity index (χ3n) is 16.7. The molecule has 3 heterocycles. The van der Waals surface area contributed by atoms with Crippen LogP contribution in [0.2, 0.25) is 0 Å². The smallest absolute Gasteiger partial charge is 0.137 e. The van der Waals surface area contributed by atoms with Gasteiger partial charge in [0.25, 0.3) is 0 Å². The minimum Gasteiger partial charge on any atom is -0.457 e. The molecule has 5 heteroatoms. The van der Waals surface area contributed by atoms with Gasteiger partial charge >= 0.3 is 0 Å². The standard InChI is InChI=1S/C75H62N4O/c1-73(2,3)54-42-56(77-49-78(69-37-23-22-36-68(69)77)72-63(50-24-10-7-11-25-50)44-55(74(4,5)6)45-64(72)51-26-12-8-13-27-51)47-58(43-54)80-57-38-39-62-61-32-18-21-35-67(61)79(70(62)48-57)71-46-53(40-41-76-71)75(52-28-14-9-15-29-52)65-33-19-16-30-59(65)60-31-17-20-34-66(60)75/h7-48H,49H2,1-6H3. The van der Waals surface area contributed by atoms with Crippen LogP contribution in [-0.2, 0) is 16.2 Å². The van der Waals surface area contributed by atoms with Gasteiger partial charge in [-0.1, -0.05) is 211 Å². The Morgan fingerprint density at radius 2 is 0.950 bits per heavy atom. The van der Waals surface area contributed by atoms with Crippen molar-refractivity contribution in [3.63, 3.8) is 0 Å². The molecule has 0 bridgehead atoms. The highest BCUT2D eigenvalue weighted by Crippen LogP contribution is 2.57. The molecule has 0 saturated heterocycles. The zero-order valence-corrected chi connectivity index (χ0v) is 46.2. The van der Waals surface area contributed by atoms with Crippen LogP contribution in [0.5, 0.6) is 11.5 Å². The predicted molar refractivity (Wildman–Crippen MR) is 333 cm³/mol. The maximum atomic E-state index is 7.19. The van der Waals surface area contributed by atoms with E-state index in [9.17, 15) is 0 Å². The largest absolute Gasteiger partial charge is 0.457 e. The lowest BCUT2D eigenvalue weighted by molar-refractivity contribution is 0.479. The molecule has 0 spiro atoms. The van der Waals surface area contributed by atoms with Gasteiger partial charge in [-0.15, -0.1) is 0 Å². The van der Waals surface area contributed by atoms with Crippen LogP contribution < -0.4 is 14.5 Å². The number of hydrogen-bond acceptors (Lipinski definition) is 4. The lowest BCUT2D eigenvalue weighted by atomic mass is 9.68. The molecule has 1 aliphatic carbocycles. The summed E-state index contributed by atoms with van der Waals surface area (Å²) in [4.78, 5) is 10.2. The van der Waals surface area contributed by atoms with Crippen LogP contribution in [0.15, 0.2) is 255 Å². The van der Waals surface area contributed by atoms with Crippen LogP contribution in [0.1, 0.15) is 74.9 Å². The van der Waals surface area contributed by atoms with E-state index in [1.807, 2.05) is 6.20 Å². The Morgan fingerprint density at radius 3 is 1.59 bits per heavy atom.